The van der Waals surface area contributed by atoms with Crippen molar-refractivity contribution in [2.45, 2.75) is 70.4 Å². The van der Waals surface area contributed by atoms with E-state index in [0.29, 0.717) is 13.1 Å². The molecule has 1 aromatic carbocycles. The van der Waals surface area contributed by atoms with E-state index in [1.165, 1.54) is 6.42 Å². The van der Waals surface area contributed by atoms with Gasteiger partial charge in [-0.1, -0.05) is 44.4 Å². The van der Waals surface area contributed by atoms with Crippen molar-refractivity contribution in [3.05, 3.63) is 35.9 Å². The fourth-order valence-corrected chi connectivity index (χ4v) is 4.69. The molecule has 1 heterocycles. The number of likely N-dealkylation sites (tertiary alicyclic amines) is 1. The van der Waals surface area contributed by atoms with E-state index in [-0.39, 0.29) is 36.5 Å². The Kier molecular flexibility index (Phi) is 8.88. The van der Waals surface area contributed by atoms with Crippen LogP contribution in [0.3, 0.4) is 0 Å². The second kappa shape index (κ2) is 11.8. The fourth-order valence-electron chi connectivity index (χ4n) is 4.69. The zero-order valence-electron chi connectivity index (χ0n) is 18.6. The third kappa shape index (κ3) is 7.06. The smallest absolute Gasteiger partial charge is 0.321 e. The van der Waals surface area contributed by atoms with Crippen LogP contribution in [0, 0.1) is 0 Å². The number of hydrogen-bond donors (Lipinski definition) is 2. The van der Waals surface area contributed by atoms with Gasteiger partial charge >= 0.3 is 6.03 Å². The lowest BCUT2D eigenvalue weighted by Crippen LogP contribution is -2.52. The molecule has 0 radical (unpaired) electrons. The summed E-state index contributed by atoms with van der Waals surface area (Å²) in [5.41, 5.74) is 0.717. The summed E-state index contributed by atoms with van der Waals surface area (Å²) in [6.07, 6.45) is 8.07. The van der Waals surface area contributed by atoms with Crippen LogP contribution in [0.4, 0.5) is 4.79 Å². The van der Waals surface area contributed by atoms with E-state index < -0.39 is 0 Å². The first-order valence-corrected chi connectivity index (χ1v) is 11.8. The van der Waals surface area contributed by atoms with Crippen LogP contribution < -0.4 is 10.6 Å². The van der Waals surface area contributed by atoms with Gasteiger partial charge in [-0.25, -0.2) is 4.79 Å². The summed E-state index contributed by atoms with van der Waals surface area (Å²) < 4.78 is 0. The fraction of sp³-hybridized carbons (Fsp3) is 0.625. The van der Waals surface area contributed by atoms with Crippen molar-refractivity contribution in [1.82, 2.24) is 20.4 Å². The number of carbonyl (C=O) groups excluding carboxylic acids is 3. The van der Waals surface area contributed by atoms with Crippen molar-refractivity contribution in [3.63, 3.8) is 0 Å². The Morgan fingerprint density at radius 3 is 2.32 bits per heavy atom. The lowest BCUT2D eigenvalue weighted by Gasteiger charge is -2.38. The molecule has 1 saturated carbocycles. The molecule has 4 amide bonds. The number of rotatable bonds is 7. The molecule has 0 aromatic heterocycles. The van der Waals surface area contributed by atoms with Crippen LogP contribution in [0.25, 0.3) is 0 Å². The van der Waals surface area contributed by atoms with Gasteiger partial charge in [-0.2, -0.15) is 0 Å². The highest BCUT2D eigenvalue weighted by Gasteiger charge is 2.28. The molecule has 0 bridgehead atoms. The molecular weight excluding hydrogens is 392 g/mol. The summed E-state index contributed by atoms with van der Waals surface area (Å²) in [7, 11) is 0. The van der Waals surface area contributed by atoms with Crippen molar-refractivity contribution in [1.29, 1.82) is 0 Å². The minimum atomic E-state index is -0.378. The zero-order chi connectivity index (χ0) is 22.1. The average molecular weight is 429 g/mol. The number of carbonyl (C=O) groups is 3. The maximum atomic E-state index is 12.7. The number of imide groups is 1. The number of piperidine rings is 1. The lowest BCUT2D eigenvalue weighted by molar-refractivity contribution is -0.122. The Morgan fingerprint density at radius 2 is 1.68 bits per heavy atom. The highest BCUT2D eigenvalue weighted by Crippen LogP contribution is 2.19. The van der Waals surface area contributed by atoms with E-state index in [2.05, 4.69) is 22.5 Å². The molecule has 1 aliphatic carbocycles. The van der Waals surface area contributed by atoms with Crippen molar-refractivity contribution in [2.24, 2.45) is 0 Å². The van der Waals surface area contributed by atoms with Crippen molar-refractivity contribution in [3.8, 4) is 0 Å². The van der Waals surface area contributed by atoms with Gasteiger partial charge in [0.1, 0.15) is 0 Å². The summed E-state index contributed by atoms with van der Waals surface area (Å²) in [6, 6.07) is 9.41. The molecule has 7 heteroatoms. The molecule has 1 saturated heterocycles. The van der Waals surface area contributed by atoms with Crippen molar-refractivity contribution in [2.75, 3.05) is 26.2 Å². The number of nitrogens with one attached hydrogen (secondary N) is 2. The number of amides is 4. The van der Waals surface area contributed by atoms with Crippen LogP contribution in [0.2, 0.25) is 0 Å². The van der Waals surface area contributed by atoms with Gasteiger partial charge in [0.2, 0.25) is 5.91 Å². The molecule has 0 atom stereocenters. The summed E-state index contributed by atoms with van der Waals surface area (Å²) in [5.74, 6) is -0.192. The molecule has 1 aromatic rings. The molecule has 3 rings (SSSR count). The minimum absolute atomic E-state index is 0.0678. The largest absolute Gasteiger partial charge is 0.339 e. The minimum Gasteiger partial charge on any atom is -0.339 e. The van der Waals surface area contributed by atoms with Gasteiger partial charge in [-0.3, -0.25) is 19.8 Å². The maximum Gasteiger partial charge on any atom is 0.321 e. The Bertz CT molecular complexity index is 726. The van der Waals surface area contributed by atoms with Crippen LogP contribution in [0.5, 0.6) is 0 Å². The second-order valence-corrected chi connectivity index (χ2v) is 8.72. The van der Waals surface area contributed by atoms with Gasteiger partial charge in [0.15, 0.2) is 0 Å². The van der Waals surface area contributed by atoms with E-state index in [9.17, 15) is 14.4 Å². The van der Waals surface area contributed by atoms with Gasteiger partial charge in [-0.15, -0.1) is 0 Å². The molecule has 2 fully saturated rings. The summed E-state index contributed by atoms with van der Waals surface area (Å²) in [5, 5.41) is 5.44. The predicted octanol–water partition coefficient (Wildman–Crippen LogP) is 3.16. The molecule has 0 unspecified atom stereocenters. The molecule has 31 heavy (non-hydrogen) atoms. The van der Waals surface area contributed by atoms with Crippen LogP contribution in [0.1, 0.15) is 68.6 Å². The van der Waals surface area contributed by atoms with E-state index >= 15 is 0 Å². The standard InChI is InChI=1S/C24H36N4O3/c1-2-15-28(18-22(29)26-24(31)25-20-11-7-4-8-12-20)21-13-16-27(17-14-21)23(30)19-9-5-3-6-10-19/h3,5-6,9-10,20-21H,2,4,7-8,11-18H2,1H3,(H2,25,26,29,31). The Balaban J connectivity index is 1.46. The first-order valence-electron chi connectivity index (χ1n) is 11.8. The normalized spacial score (nSPS) is 18.1. The molecule has 0 spiro atoms. The zero-order valence-corrected chi connectivity index (χ0v) is 18.6. The lowest BCUT2D eigenvalue weighted by atomic mass is 9.96. The summed E-state index contributed by atoms with van der Waals surface area (Å²) in [6.45, 7) is 4.47. The Hall–Kier alpha value is -2.41. The molecular formula is C24H36N4O3. The molecule has 170 valence electrons. The summed E-state index contributed by atoms with van der Waals surface area (Å²) in [4.78, 5) is 41.4. The maximum absolute atomic E-state index is 12.7. The van der Waals surface area contributed by atoms with Crippen LogP contribution in [-0.4, -0.2) is 65.9 Å². The predicted molar refractivity (Wildman–Crippen MR) is 121 cm³/mol. The third-order valence-corrected chi connectivity index (χ3v) is 6.34. The number of benzene rings is 1. The molecule has 2 aliphatic rings. The topological polar surface area (TPSA) is 81.8 Å². The van der Waals surface area contributed by atoms with Crippen LogP contribution >= 0.6 is 0 Å². The van der Waals surface area contributed by atoms with Crippen LogP contribution in [0.15, 0.2) is 30.3 Å². The highest BCUT2D eigenvalue weighted by molar-refractivity contribution is 5.95. The van der Waals surface area contributed by atoms with Crippen molar-refractivity contribution >= 4 is 17.8 Å². The van der Waals surface area contributed by atoms with Gasteiger partial charge in [0.05, 0.1) is 6.54 Å². The average Bonchev–Trinajstić information content (AvgIpc) is 2.79. The van der Waals surface area contributed by atoms with Crippen LogP contribution in [-0.2, 0) is 4.79 Å². The summed E-state index contributed by atoms with van der Waals surface area (Å²) >= 11 is 0. The molecule has 7 nitrogen and oxygen atoms in total. The van der Waals surface area contributed by atoms with E-state index in [0.717, 1.165) is 57.1 Å². The monoisotopic (exact) mass is 428 g/mol. The van der Waals surface area contributed by atoms with Gasteiger partial charge in [-0.05, 0) is 50.8 Å². The Morgan fingerprint density at radius 1 is 1.00 bits per heavy atom. The third-order valence-electron chi connectivity index (χ3n) is 6.34. The first kappa shape index (κ1) is 23.3. The van der Waals surface area contributed by atoms with E-state index in [1.807, 2.05) is 35.2 Å². The Labute approximate surface area is 185 Å². The molecule has 1 aliphatic heterocycles. The van der Waals surface area contributed by atoms with Gasteiger partial charge < -0.3 is 10.2 Å². The van der Waals surface area contributed by atoms with Crippen molar-refractivity contribution < 1.29 is 14.4 Å². The van der Waals surface area contributed by atoms with E-state index in [1.54, 1.807) is 0 Å². The van der Waals surface area contributed by atoms with E-state index in [4.69, 9.17) is 0 Å². The van der Waals surface area contributed by atoms with Gasteiger partial charge in [0, 0.05) is 30.7 Å². The highest BCUT2D eigenvalue weighted by atomic mass is 16.2. The number of hydrogen-bond acceptors (Lipinski definition) is 4. The second-order valence-electron chi connectivity index (χ2n) is 8.72. The number of nitrogens with zero attached hydrogens (tertiary/aromatic N) is 2. The first-order chi connectivity index (χ1) is 15.1. The quantitative estimate of drug-likeness (QED) is 0.699. The van der Waals surface area contributed by atoms with Gasteiger partial charge in [0.25, 0.3) is 5.91 Å². The molecule has 2 N–H and O–H groups in total. The number of urea groups is 1. The SMILES string of the molecule is CCCN(CC(=O)NC(=O)NC1CCCCC1)C1CCN(C(=O)c2ccccc2)CC1.